The van der Waals surface area contributed by atoms with Gasteiger partial charge in [0, 0.05) is 11.9 Å². The molecule has 1 aromatic heterocycles. The summed E-state index contributed by atoms with van der Waals surface area (Å²) in [6.07, 6.45) is 1.31. The van der Waals surface area contributed by atoms with E-state index in [1.165, 1.54) is 0 Å². The Bertz CT molecular complexity index is 953. The maximum Gasteiger partial charge on any atom is 0.262 e. The molecule has 26 heavy (non-hydrogen) atoms. The molecular formula is C21H19N3O2. The lowest BCUT2D eigenvalue weighted by Crippen LogP contribution is -2.32. The van der Waals surface area contributed by atoms with Crippen LogP contribution in [0.2, 0.25) is 0 Å². The van der Waals surface area contributed by atoms with Crippen molar-refractivity contribution in [2.24, 2.45) is 0 Å². The zero-order valence-electron chi connectivity index (χ0n) is 14.6. The third-order valence-corrected chi connectivity index (χ3v) is 4.52. The number of aromatic nitrogens is 1. The summed E-state index contributed by atoms with van der Waals surface area (Å²) < 4.78 is 5.44. The highest BCUT2D eigenvalue weighted by atomic mass is 16.5. The van der Waals surface area contributed by atoms with E-state index < -0.39 is 6.17 Å². The predicted octanol–water partition coefficient (Wildman–Crippen LogP) is 4.17. The number of amides is 1. The third-order valence-electron chi connectivity index (χ3n) is 4.52. The Hall–Kier alpha value is -3.34. The Morgan fingerprint density at radius 3 is 2.58 bits per heavy atom. The van der Waals surface area contributed by atoms with E-state index >= 15 is 0 Å². The molecule has 1 aliphatic heterocycles. The number of nitrogens with one attached hydrogen (secondary N) is 1. The van der Waals surface area contributed by atoms with E-state index in [4.69, 9.17) is 4.74 Å². The Labute approximate surface area is 152 Å². The van der Waals surface area contributed by atoms with E-state index in [0.717, 1.165) is 16.9 Å². The minimum Gasteiger partial charge on any atom is -0.495 e. The summed E-state index contributed by atoms with van der Waals surface area (Å²) in [5.74, 6) is 0.650. The monoisotopic (exact) mass is 345 g/mol. The summed E-state index contributed by atoms with van der Waals surface area (Å²) in [4.78, 5) is 19.3. The molecule has 1 aliphatic rings. The van der Waals surface area contributed by atoms with Crippen molar-refractivity contribution in [3.63, 3.8) is 0 Å². The van der Waals surface area contributed by atoms with Gasteiger partial charge in [-0.15, -0.1) is 0 Å². The van der Waals surface area contributed by atoms with Crippen molar-refractivity contribution in [1.29, 1.82) is 0 Å². The van der Waals surface area contributed by atoms with Gasteiger partial charge in [-0.2, -0.15) is 0 Å². The molecule has 0 fully saturated rings. The second kappa shape index (κ2) is 6.52. The Morgan fingerprint density at radius 2 is 1.81 bits per heavy atom. The van der Waals surface area contributed by atoms with Crippen molar-refractivity contribution in [2.75, 3.05) is 17.3 Å². The van der Waals surface area contributed by atoms with Crippen LogP contribution in [-0.4, -0.2) is 18.0 Å². The van der Waals surface area contributed by atoms with Gasteiger partial charge in [0.1, 0.15) is 5.75 Å². The van der Waals surface area contributed by atoms with Crippen LogP contribution < -0.4 is 15.0 Å². The Balaban J connectivity index is 1.79. The van der Waals surface area contributed by atoms with Crippen LogP contribution >= 0.6 is 0 Å². The van der Waals surface area contributed by atoms with Gasteiger partial charge in [-0.1, -0.05) is 29.8 Å². The fourth-order valence-corrected chi connectivity index (χ4v) is 3.20. The number of aryl methyl sites for hydroxylation is 1. The SMILES string of the molecule is COc1ccccc1NC1c2ncccc2C(=O)N1c1ccc(C)cc1. The summed E-state index contributed by atoms with van der Waals surface area (Å²) >= 11 is 0. The molecule has 2 aromatic carbocycles. The number of anilines is 2. The van der Waals surface area contributed by atoms with Crippen molar-refractivity contribution in [2.45, 2.75) is 13.1 Å². The van der Waals surface area contributed by atoms with Gasteiger partial charge < -0.3 is 10.1 Å². The van der Waals surface area contributed by atoms with Crippen LogP contribution in [0.25, 0.3) is 0 Å². The molecule has 1 unspecified atom stereocenters. The number of methoxy groups -OCH3 is 1. The van der Waals surface area contributed by atoms with Gasteiger partial charge in [0.15, 0.2) is 6.17 Å². The number of benzene rings is 2. The normalized spacial score (nSPS) is 15.7. The number of rotatable bonds is 4. The number of nitrogens with zero attached hydrogens (tertiary/aromatic N) is 2. The number of carbonyl (C=O) groups excluding carboxylic acids is 1. The first-order valence-electron chi connectivity index (χ1n) is 8.44. The Morgan fingerprint density at radius 1 is 1.04 bits per heavy atom. The van der Waals surface area contributed by atoms with Gasteiger partial charge in [0.25, 0.3) is 5.91 Å². The van der Waals surface area contributed by atoms with E-state index in [-0.39, 0.29) is 5.91 Å². The number of para-hydroxylation sites is 2. The van der Waals surface area contributed by atoms with Crippen molar-refractivity contribution in [1.82, 2.24) is 4.98 Å². The second-order valence-corrected chi connectivity index (χ2v) is 6.19. The summed E-state index contributed by atoms with van der Waals surface area (Å²) in [6, 6.07) is 19.2. The highest BCUT2D eigenvalue weighted by Gasteiger charge is 2.39. The first kappa shape index (κ1) is 16.1. The van der Waals surface area contributed by atoms with E-state index in [9.17, 15) is 4.79 Å². The number of hydrogen-bond acceptors (Lipinski definition) is 4. The minimum atomic E-state index is -0.405. The average Bonchev–Trinajstić information content (AvgIpc) is 2.95. The van der Waals surface area contributed by atoms with Crippen LogP contribution in [-0.2, 0) is 0 Å². The molecule has 5 heteroatoms. The smallest absolute Gasteiger partial charge is 0.262 e. The van der Waals surface area contributed by atoms with Crippen LogP contribution in [0.3, 0.4) is 0 Å². The molecule has 3 aromatic rings. The molecule has 1 N–H and O–H groups in total. The molecule has 5 nitrogen and oxygen atoms in total. The molecule has 0 radical (unpaired) electrons. The Kier molecular flexibility index (Phi) is 4.05. The van der Waals surface area contributed by atoms with Gasteiger partial charge in [-0.05, 0) is 43.3 Å². The minimum absolute atomic E-state index is 0.0654. The van der Waals surface area contributed by atoms with E-state index in [2.05, 4.69) is 10.3 Å². The van der Waals surface area contributed by atoms with Crippen molar-refractivity contribution < 1.29 is 9.53 Å². The standard InChI is InChI=1S/C21H19N3O2/c1-14-9-11-15(12-10-14)24-20(19-16(21(24)25)6-5-13-22-19)23-17-7-3-4-8-18(17)26-2/h3-13,20,23H,1-2H3. The van der Waals surface area contributed by atoms with Gasteiger partial charge in [0.05, 0.1) is 24.1 Å². The first-order valence-corrected chi connectivity index (χ1v) is 8.44. The van der Waals surface area contributed by atoms with E-state index in [0.29, 0.717) is 17.0 Å². The fraction of sp³-hybridized carbons (Fsp3) is 0.143. The number of pyridine rings is 1. The van der Waals surface area contributed by atoms with Crippen molar-refractivity contribution in [3.8, 4) is 5.75 Å². The van der Waals surface area contributed by atoms with Crippen LogP contribution in [0.4, 0.5) is 11.4 Å². The summed E-state index contributed by atoms with van der Waals surface area (Å²) in [7, 11) is 1.63. The number of carbonyl (C=O) groups is 1. The topological polar surface area (TPSA) is 54.5 Å². The van der Waals surface area contributed by atoms with Gasteiger partial charge >= 0.3 is 0 Å². The molecule has 0 bridgehead atoms. The van der Waals surface area contributed by atoms with Gasteiger partial charge in [-0.25, -0.2) is 0 Å². The molecule has 2 heterocycles. The lowest BCUT2D eigenvalue weighted by molar-refractivity contribution is 0.0993. The summed E-state index contributed by atoms with van der Waals surface area (Å²) in [5, 5.41) is 3.43. The van der Waals surface area contributed by atoms with Crippen LogP contribution in [0.15, 0.2) is 66.9 Å². The summed E-state index contributed by atoms with van der Waals surface area (Å²) in [5.41, 5.74) is 4.10. The molecule has 1 amide bonds. The molecule has 0 saturated heterocycles. The molecule has 0 saturated carbocycles. The van der Waals surface area contributed by atoms with Gasteiger partial charge in [0.2, 0.25) is 0 Å². The van der Waals surface area contributed by atoms with Crippen molar-refractivity contribution >= 4 is 17.3 Å². The predicted molar refractivity (Wildman–Crippen MR) is 102 cm³/mol. The first-order chi connectivity index (χ1) is 12.7. The molecule has 130 valence electrons. The van der Waals surface area contributed by atoms with Crippen LogP contribution in [0.1, 0.15) is 27.8 Å². The highest BCUT2D eigenvalue weighted by Crippen LogP contribution is 2.38. The van der Waals surface area contributed by atoms with Crippen LogP contribution in [0, 0.1) is 6.92 Å². The molecule has 0 aliphatic carbocycles. The molecule has 0 spiro atoms. The number of ether oxygens (including phenoxy) is 1. The zero-order valence-corrected chi connectivity index (χ0v) is 14.6. The highest BCUT2D eigenvalue weighted by molar-refractivity contribution is 6.11. The third kappa shape index (κ3) is 2.67. The maximum atomic E-state index is 13.1. The maximum absolute atomic E-state index is 13.1. The quantitative estimate of drug-likeness (QED) is 0.771. The average molecular weight is 345 g/mol. The largest absolute Gasteiger partial charge is 0.495 e. The van der Waals surface area contributed by atoms with Gasteiger partial charge in [-0.3, -0.25) is 14.7 Å². The molecule has 4 rings (SSSR count). The second-order valence-electron chi connectivity index (χ2n) is 6.19. The lowest BCUT2D eigenvalue weighted by Gasteiger charge is -2.27. The van der Waals surface area contributed by atoms with E-state index in [1.807, 2.05) is 61.5 Å². The fourth-order valence-electron chi connectivity index (χ4n) is 3.20. The number of hydrogen-bond donors (Lipinski definition) is 1. The number of fused-ring (bicyclic) bond motifs is 1. The van der Waals surface area contributed by atoms with Crippen molar-refractivity contribution in [3.05, 3.63) is 83.7 Å². The zero-order chi connectivity index (χ0) is 18.1. The van der Waals surface area contributed by atoms with Crippen LogP contribution in [0.5, 0.6) is 5.75 Å². The lowest BCUT2D eigenvalue weighted by atomic mass is 10.2. The molecule has 1 atom stereocenters. The van der Waals surface area contributed by atoms with E-state index in [1.54, 1.807) is 24.3 Å². The molecular weight excluding hydrogens is 326 g/mol. The summed E-state index contributed by atoms with van der Waals surface area (Å²) in [6.45, 7) is 2.02.